The number of benzene rings is 2. The SMILES string of the molecule is C[C@@H]1CN([C@@H](C)CO)C(=O)c2cccc(N(C)C)c2O[C@H]1CN(C)S(=O)(=O)c1ccccc1. The lowest BCUT2D eigenvalue weighted by Crippen LogP contribution is -2.50. The number of hydrogen-bond acceptors (Lipinski definition) is 6. The van der Waals surface area contributed by atoms with Crippen LogP contribution in [0.25, 0.3) is 0 Å². The molecule has 0 spiro atoms. The van der Waals surface area contributed by atoms with Crippen LogP contribution in [0.2, 0.25) is 0 Å². The highest BCUT2D eigenvalue weighted by molar-refractivity contribution is 7.89. The Labute approximate surface area is 196 Å². The van der Waals surface area contributed by atoms with Crippen LogP contribution in [0.1, 0.15) is 24.2 Å². The highest BCUT2D eigenvalue weighted by Crippen LogP contribution is 2.36. The zero-order valence-corrected chi connectivity index (χ0v) is 20.6. The summed E-state index contributed by atoms with van der Waals surface area (Å²) in [6.45, 7) is 3.99. The molecule has 1 aliphatic rings. The average molecular weight is 476 g/mol. The molecule has 0 bridgehead atoms. The number of para-hydroxylation sites is 1. The molecule has 0 aliphatic carbocycles. The minimum Gasteiger partial charge on any atom is -0.486 e. The zero-order chi connectivity index (χ0) is 24.3. The summed E-state index contributed by atoms with van der Waals surface area (Å²) >= 11 is 0. The minimum absolute atomic E-state index is 0.106. The van der Waals surface area contributed by atoms with Crippen molar-refractivity contribution >= 4 is 21.6 Å². The van der Waals surface area contributed by atoms with Gasteiger partial charge in [0.05, 0.1) is 35.3 Å². The number of nitrogens with zero attached hydrogens (tertiary/aromatic N) is 3. The third kappa shape index (κ3) is 5.15. The first-order chi connectivity index (χ1) is 15.6. The molecule has 0 aromatic heterocycles. The number of aliphatic hydroxyl groups is 1. The van der Waals surface area contributed by atoms with Gasteiger partial charge in [0.25, 0.3) is 5.91 Å². The van der Waals surface area contributed by atoms with Crippen LogP contribution in [0.5, 0.6) is 5.75 Å². The molecule has 180 valence electrons. The second kappa shape index (κ2) is 10.1. The van der Waals surface area contributed by atoms with Crippen molar-refractivity contribution in [1.82, 2.24) is 9.21 Å². The molecule has 3 rings (SSSR count). The Bertz CT molecular complexity index is 1070. The summed E-state index contributed by atoms with van der Waals surface area (Å²) in [5.74, 6) is 0.00949. The number of hydrogen-bond donors (Lipinski definition) is 1. The standard InChI is InChI=1S/C24H33N3O5S/c1-17-14-27(18(2)16-28)24(29)20-12-9-13-21(25(3)4)23(20)32-22(17)15-26(5)33(30,31)19-10-7-6-8-11-19/h6-13,17-18,22,28H,14-16H2,1-5H3/t17-,18+,22+/m1/s1. The van der Waals surface area contributed by atoms with Crippen LogP contribution in [0.4, 0.5) is 5.69 Å². The number of amides is 1. The second-order valence-corrected chi connectivity index (χ2v) is 10.8. The van der Waals surface area contributed by atoms with Crippen molar-refractivity contribution in [2.75, 3.05) is 45.7 Å². The number of sulfonamides is 1. The molecule has 2 aromatic rings. The maximum Gasteiger partial charge on any atom is 0.258 e. The van der Waals surface area contributed by atoms with Crippen molar-refractivity contribution in [1.29, 1.82) is 0 Å². The maximum atomic E-state index is 13.4. The molecule has 2 aromatic carbocycles. The smallest absolute Gasteiger partial charge is 0.258 e. The first-order valence-electron chi connectivity index (χ1n) is 11.0. The van der Waals surface area contributed by atoms with Gasteiger partial charge in [-0.15, -0.1) is 0 Å². The van der Waals surface area contributed by atoms with Crippen molar-refractivity contribution < 1.29 is 23.1 Å². The number of ether oxygens (including phenoxy) is 1. The van der Waals surface area contributed by atoms with Gasteiger partial charge >= 0.3 is 0 Å². The van der Waals surface area contributed by atoms with E-state index in [0.29, 0.717) is 17.9 Å². The minimum atomic E-state index is -3.71. The lowest BCUT2D eigenvalue weighted by Gasteiger charge is -2.38. The first kappa shape index (κ1) is 25.0. The third-order valence-electron chi connectivity index (χ3n) is 6.04. The quantitative estimate of drug-likeness (QED) is 0.661. The van der Waals surface area contributed by atoms with Crippen molar-refractivity contribution in [2.24, 2.45) is 5.92 Å². The summed E-state index contributed by atoms with van der Waals surface area (Å²) in [6, 6.07) is 13.3. The number of anilines is 1. The van der Waals surface area contributed by atoms with Crippen molar-refractivity contribution in [3.63, 3.8) is 0 Å². The van der Waals surface area contributed by atoms with Gasteiger partial charge in [-0.3, -0.25) is 4.79 Å². The molecule has 33 heavy (non-hydrogen) atoms. The molecular weight excluding hydrogens is 442 g/mol. The lowest BCUT2D eigenvalue weighted by atomic mass is 9.99. The average Bonchev–Trinajstić information content (AvgIpc) is 2.80. The van der Waals surface area contributed by atoms with Gasteiger partial charge in [0.15, 0.2) is 5.75 Å². The topological polar surface area (TPSA) is 90.4 Å². The van der Waals surface area contributed by atoms with E-state index in [0.717, 1.165) is 5.69 Å². The number of likely N-dealkylation sites (N-methyl/N-ethyl adjacent to an activating group) is 1. The molecule has 0 saturated carbocycles. The van der Waals surface area contributed by atoms with Gasteiger partial charge in [-0.25, -0.2) is 8.42 Å². The molecule has 0 saturated heterocycles. The van der Waals surface area contributed by atoms with Gasteiger partial charge in [-0.1, -0.05) is 31.2 Å². The molecule has 1 N–H and O–H groups in total. The molecular formula is C24H33N3O5S. The molecule has 0 unspecified atom stereocenters. The molecule has 1 aliphatic heterocycles. The fourth-order valence-corrected chi connectivity index (χ4v) is 5.13. The van der Waals surface area contributed by atoms with Crippen LogP contribution in [-0.4, -0.2) is 81.6 Å². The Morgan fingerprint density at radius 2 is 1.79 bits per heavy atom. The van der Waals surface area contributed by atoms with Crippen LogP contribution in [-0.2, 0) is 10.0 Å². The molecule has 1 heterocycles. The third-order valence-corrected chi connectivity index (χ3v) is 7.88. The van der Waals surface area contributed by atoms with E-state index >= 15 is 0 Å². The Morgan fingerprint density at radius 1 is 1.12 bits per heavy atom. The fourth-order valence-electron chi connectivity index (χ4n) is 3.92. The maximum absolute atomic E-state index is 13.4. The molecule has 0 radical (unpaired) electrons. The van der Waals surface area contributed by atoms with Crippen LogP contribution in [0.3, 0.4) is 0 Å². The lowest BCUT2D eigenvalue weighted by molar-refractivity contribution is 0.0388. The molecule has 1 amide bonds. The predicted octanol–water partition coefficient (Wildman–Crippen LogP) is 2.29. The second-order valence-electron chi connectivity index (χ2n) is 8.77. The molecule has 9 heteroatoms. The molecule has 0 fully saturated rings. The monoisotopic (exact) mass is 475 g/mol. The van der Waals surface area contributed by atoms with Crippen LogP contribution < -0.4 is 9.64 Å². The summed E-state index contributed by atoms with van der Waals surface area (Å²) in [6.07, 6.45) is -0.519. The molecule has 3 atom stereocenters. The number of fused-ring (bicyclic) bond motifs is 1. The van der Waals surface area contributed by atoms with Gasteiger partial charge in [0.2, 0.25) is 10.0 Å². The van der Waals surface area contributed by atoms with Crippen molar-refractivity contribution in [3.8, 4) is 5.75 Å². The number of rotatable bonds is 7. The predicted molar refractivity (Wildman–Crippen MR) is 128 cm³/mol. The van der Waals surface area contributed by atoms with Gasteiger partial charge in [0, 0.05) is 33.6 Å². The Morgan fingerprint density at radius 3 is 2.39 bits per heavy atom. The van der Waals surface area contributed by atoms with Gasteiger partial charge < -0.3 is 19.6 Å². The van der Waals surface area contributed by atoms with Crippen molar-refractivity contribution in [2.45, 2.75) is 30.9 Å². The van der Waals surface area contributed by atoms with Gasteiger partial charge in [-0.2, -0.15) is 4.31 Å². The van der Waals surface area contributed by atoms with Crippen molar-refractivity contribution in [3.05, 3.63) is 54.1 Å². The van der Waals surface area contributed by atoms with E-state index in [2.05, 4.69) is 0 Å². The van der Waals surface area contributed by atoms with E-state index in [1.807, 2.05) is 32.0 Å². The van der Waals surface area contributed by atoms with Crippen LogP contribution in [0.15, 0.2) is 53.4 Å². The summed E-state index contributed by atoms with van der Waals surface area (Å²) in [7, 11) is 1.55. The summed E-state index contributed by atoms with van der Waals surface area (Å²) in [4.78, 5) is 17.1. The molecule has 8 nitrogen and oxygen atoms in total. The normalized spacial score (nSPS) is 20.0. The number of aliphatic hydroxyl groups excluding tert-OH is 1. The van der Waals surface area contributed by atoms with Gasteiger partial charge in [-0.05, 0) is 31.2 Å². The number of carbonyl (C=O) groups is 1. The van der Waals surface area contributed by atoms with Crippen LogP contribution >= 0.6 is 0 Å². The van der Waals surface area contributed by atoms with E-state index in [4.69, 9.17) is 4.74 Å². The number of carbonyl (C=O) groups excluding carboxylic acids is 1. The zero-order valence-electron chi connectivity index (χ0n) is 19.8. The van der Waals surface area contributed by atoms with Gasteiger partial charge in [0.1, 0.15) is 6.10 Å². The summed E-state index contributed by atoms with van der Waals surface area (Å²) in [5, 5.41) is 9.77. The van der Waals surface area contributed by atoms with Crippen LogP contribution in [0, 0.1) is 5.92 Å². The largest absolute Gasteiger partial charge is 0.486 e. The highest BCUT2D eigenvalue weighted by Gasteiger charge is 2.36. The Balaban J connectivity index is 2.02. The Kier molecular flexibility index (Phi) is 7.66. The summed E-state index contributed by atoms with van der Waals surface area (Å²) in [5.41, 5.74) is 1.12. The van der Waals surface area contributed by atoms with E-state index < -0.39 is 16.1 Å². The Hall–Kier alpha value is -2.62. The van der Waals surface area contributed by atoms with E-state index in [1.165, 1.54) is 11.4 Å². The summed E-state index contributed by atoms with van der Waals surface area (Å²) < 4.78 is 34.0. The first-order valence-corrected chi connectivity index (χ1v) is 12.4. The fraction of sp³-hybridized carbons (Fsp3) is 0.458. The van der Waals surface area contributed by atoms with E-state index in [1.54, 1.807) is 54.3 Å². The highest BCUT2D eigenvalue weighted by atomic mass is 32.2. The van der Waals surface area contributed by atoms with E-state index in [9.17, 15) is 18.3 Å². The van der Waals surface area contributed by atoms with E-state index in [-0.39, 0.29) is 35.9 Å².